The van der Waals surface area contributed by atoms with Gasteiger partial charge >= 0.3 is 0 Å². The van der Waals surface area contributed by atoms with Crippen LogP contribution in [-0.4, -0.2) is 22.0 Å². The molecule has 5 heteroatoms. The number of hydrogen-bond acceptors (Lipinski definition) is 3. The Morgan fingerprint density at radius 1 is 1.38 bits per heavy atom. The molecule has 5 nitrogen and oxygen atoms in total. The third kappa shape index (κ3) is 3.40. The molecule has 0 atom stereocenters. The highest BCUT2D eigenvalue weighted by atomic mass is 16.2. The summed E-state index contributed by atoms with van der Waals surface area (Å²) in [4.78, 5) is 29.3. The number of carbonyl (C=O) groups is 1. The summed E-state index contributed by atoms with van der Waals surface area (Å²) in [6.07, 6.45) is 9.56. The molecular formula is C19H23N3O2. The summed E-state index contributed by atoms with van der Waals surface area (Å²) in [6.45, 7) is 2.94. The van der Waals surface area contributed by atoms with E-state index in [1.54, 1.807) is 16.8 Å². The zero-order valence-electron chi connectivity index (χ0n) is 14.0. The first kappa shape index (κ1) is 16.4. The highest BCUT2D eigenvalue weighted by Gasteiger charge is 2.15. The average Bonchev–Trinajstić information content (AvgIpc) is 2.62. The van der Waals surface area contributed by atoms with Gasteiger partial charge in [0.2, 0.25) is 0 Å². The number of aryl methyl sites for hydroxylation is 1. The Kier molecular flexibility index (Phi) is 5.08. The van der Waals surface area contributed by atoms with Gasteiger partial charge in [0, 0.05) is 24.7 Å². The highest BCUT2D eigenvalue weighted by Crippen LogP contribution is 2.19. The van der Waals surface area contributed by atoms with Gasteiger partial charge in [-0.1, -0.05) is 11.6 Å². The van der Waals surface area contributed by atoms with Crippen molar-refractivity contribution in [3.63, 3.8) is 0 Å². The quantitative estimate of drug-likeness (QED) is 0.859. The van der Waals surface area contributed by atoms with E-state index in [1.807, 2.05) is 19.1 Å². The number of hydrogen-bond donors (Lipinski definition) is 1. The number of fused-ring (bicyclic) bond motifs is 1. The van der Waals surface area contributed by atoms with Crippen molar-refractivity contribution < 1.29 is 4.79 Å². The smallest absolute Gasteiger partial charge is 0.265 e. The van der Waals surface area contributed by atoms with Crippen molar-refractivity contribution in [1.82, 2.24) is 14.9 Å². The number of pyridine rings is 2. The number of rotatable bonds is 5. The molecule has 24 heavy (non-hydrogen) atoms. The molecule has 0 aromatic carbocycles. The predicted octanol–water partition coefficient (Wildman–Crippen LogP) is 3.04. The number of allylic oxidation sites excluding steroid dienone is 1. The topological polar surface area (TPSA) is 64.0 Å². The Labute approximate surface area is 141 Å². The second-order valence-electron chi connectivity index (χ2n) is 6.14. The van der Waals surface area contributed by atoms with Gasteiger partial charge in [-0.15, -0.1) is 0 Å². The molecule has 1 N–H and O–H groups in total. The molecule has 0 radical (unpaired) electrons. The molecule has 0 spiro atoms. The molecule has 126 valence electrons. The molecule has 3 rings (SSSR count). The maximum absolute atomic E-state index is 12.6. The predicted molar refractivity (Wildman–Crippen MR) is 95.2 cm³/mol. The summed E-state index contributed by atoms with van der Waals surface area (Å²) in [7, 11) is 0. The van der Waals surface area contributed by atoms with Crippen molar-refractivity contribution in [2.75, 3.05) is 6.54 Å². The summed E-state index contributed by atoms with van der Waals surface area (Å²) >= 11 is 0. The van der Waals surface area contributed by atoms with Gasteiger partial charge in [-0.05, 0) is 57.2 Å². The molecule has 0 saturated carbocycles. The summed E-state index contributed by atoms with van der Waals surface area (Å²) in [5.74, 6) is -0.302. The van der Waals surface area contributed by atoms with E-state index in [9.17, 15) is 9.59 Å². The van der Waals surface area contributed by atoms with Crippen LogP contribution in [0, 0.1) is 0 Å². The lowest BCUT2D eigenvalue weighted by Crippen LogP contribution is -2.33. The lowest BCUT2D eigenvalue weighted by molar-refractivity contribution is 0.0952. The summed E-state index contributed by atoms with van der Waals surface area (Å²) < 4.78 is 1.55. The lowest BCUT2D eigenvalue weighted by Gasteiger charge is -2.13. The minimum absolute atomic E-state index is 0.190. The van der Waals surface area contributed by atoms with Crippen LogP contribution in [0.15, 0.2) is 40.8 Å². The average molecular weight is 325 g/mol. The first-order valence-corrected chi connectivity index (χ1v) is 8.65. The van der Waals surface area contributed by atoms with Gasteiger partial charge in [-0.2, -0.15) is 0 Å². The van der Waals surface area contributed by atoms with Crippen LogP contribution in [-0.2, 0) is 6.54 Å². The second-order valence-corrected chi connectivity index (χ2v) is 6.14. The fourth-order valence-electron chi connectivity index (χ4n) is 3.23. The SMILES string of the molecule is CCn1c(=O)c(C(=O)NCCC2=CCCCC2)cc2cccnc21. The molecule has 1 aliphatic carbocycles. The Morgan fingerprint density at radius 3 is 3.00 bits per heavy atom. The van der Waals surface area contributed by atoms with Crippen LogP contribution in [0.1, 0.15) is 49.4 Å². The van der Waals surface area contributed by atoms with Gasteiger partial charge in [-0.3, -0.25) is 14.2 Å². The van der Waals surface area contributed by atoms with E-state index in [0.29, 0.717) is 18.7 Å². The summed E-state index contributed by atoms with van der Waals surface area (Å²) in [5, 5.41) is 3.69. The Hall–Kier alpha value is -2.43. The first-order valence-electron chi connectivity index (χ1n) is 8.65. The minimum Gasteiger partial charge on any atom is -0.352 e. The van der Waals surface area contributed by atoms with E-state index in [-0.39, 0.29) is 17.0 Å². The van der Waals surface area contributed by atoms with E-state index in [1.165, 1.54) is 18.4 Å². The Balaban J connectivity index is 1.78. The van der Waals surface area contributed by atoms with Crippen LogP contribution >= 0.6 is 0 Å². The van der Waals surface area contributed by atoms with Gasteiger partial charge < -0.3 is 5.32 Å². The standard InChI is InChI=1S/C19H23N3O2/c1-2-22-17-15(9-6-11-20-17)13-16(19(22)24)18(23)21-12-10-14-7-4-3-5-8-14/h6-7,9,11,13H,2-5,8,10,12H2,1H3,(H,21,23). The van der Waals surface area contributed by atoms with Gasteiger partial charge in [-0.25, -0.2) is 4.98 Å². The van der Waals surface area contributed by atoms with Crippen LogP contribution in [0.4, 0.5) is 0 Å². The maximum Gasteiger partial charge on any atom is 0.265 e. The number of amides is 1. The summed E-state index contributed by atoms with van der Waals surface area (Å²) in [6, 6.07) is 5.33. The van der Waals surface area contributed by atoms with Crippen LogP contribution < -0.4 is 10.9 Å². The number of nitrogens with one attached hydrogen (secondary N) is 1. The Morgan fingerprint density at radius 2 is 2.25 bits per heavy atom. The van der Waals surface area contributed by atoms with Crippen LogP contribution in [0.5, 0.6) is 0 Å². The van der Waals surface area contributed by atoms with E-state index < -0.39 is 0 Å². The molecule has 0 fully saturated rings. The largest absolute Gasteiger partial charge is 0.352 e. The van der Waals surface area contributed by atoms with E-state index in [0.717, 1.165) is 24.6 Å². The van der Waals surface area contributed by atoms with Crippen molar-refractivity contribution in [3.05, 3.63) is 52.0 Å². The van der Waals surface area contributed by atoms with Gasteiger partial charge in [0.05, 0.1) is 0 Å². The molecule has 0 unspecified atom stereocenters. The van der Waals surface area contributed by atoms with Crippen molar-refractivity contribution in [3.8, 4) is 0 Å². The van der Waals surface area contributed by atoms with Crippen molar-refractivity contribution in [1.29, 1.82) is 0 Å². The third-order valence-electron chi connectivity index (χ3n) is 4.53. The molecule has 2 aromatic rings. The molecular weight excluding hydrogens is 302 g/mol. The van der Waals surface area contributed by atoms with E-state index in [2.05, 4.69) is 16.4 Å². The molecule has 0 saturated heterocycles. The number of nitrogens with zero attached hydrogens (tertiary/aromatic N) is 2. The maximum atomic E-state index is 12.6. The summed E-state index contributed by atoms with van der Waals surface area (Å²) in [5.41, 5.74) is 1.94. The van der Waals surface area contributed by atoms with Crippen molar-refractivity contribution in [2.45, 2.75) is 45.6 Å². The van der Waals surface area contributed by atoms with Gasteiger partial charge in [0.25, 0.3) is 11.5 Å². The molecule has 2 aromatic heterocycles. The fraction of sp³-hybridized carbons (Fsp3) is 0.421. The number of carbonyl (C=O) groups excluding carboxylic acids is 1. The van der Waals surface area contributed by atoms with E-state index in [4.69, 9.17) is 0 Å². The monoisotopic (exact) mass is 325 g/mol. The third-order valence-corrected chi connectivity index (χ3v) is 4.53. The zero-order chi connectivity index (χ0) is 16.9. The normalized spacial score (nSPS) is 14.5. The van der Waals surface area contributed by atoms with Crippen molar-refractivity contribution in [2.24, 2.45) is 0 Å². The van der Waals surface area contributed by atoms with Gasteiger partial charge in [0.15, 0.2) is 0 Å². The fourth-order valence-corrected chi connectivity index (χ4v) is 3.23. The lowest BCUT2D eigenvalue weighted by atomic mass is 9.97. The Bertz CT molecular complexity index is 836. The number of aromatic nitrogens is 2. The van der Waals surface area contributed by atoms with Crippen LogP contribution in [0.2, 0.25) is 0 Å². The molecule has 0 aliphatic heterocycles. The van der Waals surface area contributed by atoms with E-state index >= 15 is 0 Å². The minimum atomic E-state index is -0.302. The van der Waals surface area contributed by atoms with Crippen molar-refractivity contribution >= 4 is 16.9 Å². The molecule has 1 aliphatic rings. The first-order chi connectivity index (χ1) is 11.7. The zero-order valence-corrected chi connectivity index (χ0v) is 14.0. The van der Waals surface area contributed by atoms with Crippen LogP contribution in [0.3, 0.4) is 0 Å². The van der Waals surface area contributed by atoms with Gasteiger partial charge in [0.1, 0.15) is 11.2 Å². The molecule has 1 amide bonds. The molecule has 0 bridgehead atoms. The van der Waals surface area contributed by atoms with Crippen LogP contribution in [0.25, 0.3) is 11.0 Å². The highest BCUT2D eigenvalue weighted by molar-refractivity contribution is 5.96. The molecule has 2 heterocycles. The second kappa shape index (κ2) is 7.43.